The van der Waals surface area contributed by atoms with Crippen molar-refractivity contribution in [2.45, 2.75) is 13.8 Å². The molecule has 0 bridgehead atoms. The average molecular weight is 450 g/mol. The Labute approximate surface area is 192 Å². The van der Waals surface area contributed by atoms with Gasteiger partial charge in [0.2, 0.25) is 5.90 Å². The number of ether oxygens (including phenoxy) is 4. The summed E-state index contributed by atoms with van der Waals surface area (Å²) in [6.45, 7) is 6.07. The van der Waals surface area contributed by atoms with Crippen molar-refractivity contribution in [1.29, 1.82) is 0 Å². The number of aliphatic imine (C=N–C) groups is 1. The zero-order valence-corrected chi connectivity index (χ0v) is 18.9. The highest BCUT2D eigenvalue weighted by Crippen LogP contribution is 2.30. The molecule has 2 aliphatic rings. The SMILES string of the molecule is COc1cc(/C=C2/N=C(c3cc(C)cc(C)c3)OC2=O)ccc1OCC(=O)N1CCOCC1. The van der Waals surface area contributed by atoms with Crippen LogP contribution in [0.2, 0.25) is 0 Å². The normalized spacial score (nSPS) is 17.1. The molecule has 0 spiro atoms. The first-order valence-corrected chi connectivity index (χ1v) is 10.7. The highest BCUT2D eigenvalue weighted by molar-refractivity contribution is 6.13. The van der Waals surface area contributed by atoms with Gasteiger partial charge in [-0.1, -0.05) is 23.3 Å². The van der Waals surface area contributed by atoms with Gasteiger partial charge in [0.15, 0.2) is 23.8 Å². The summed E-state index contributed by atoms with van der Waals surface area (Å²) in [6.07, 6.45) is 1.63. The molecule has 0 unspecified atom stereocenters. The van der Waals surface area contributed by atoms with Gasteiger partial charge in [-0.15, -0.1) is 0 Å². The number of aryl methyl sites for hydroxylation is 2. The van der Waals surface area contributed by atoms with E-state index in [9.17, 15) is 9.59 Å². The van der Waals surface area contributed by atoms with Crippen LogP contribution in [0.3, 0.4) is 0 Å². The van der Waals surface area contributed by atoms with Gasteiger partial charge >= 0.3 is 5.97 Å². The lowest BCUT2D eigenvalue weighted by molar-refractivity contribution is -0.137. The molecule has 0 aliphatic carbocycles. The number of carbonyl (C=O) groups is 2. The van der Waals surface area contributed by atoms with E-state index in [1.165, 1.54) is 7.11 Å². The quantitative estimate of drug-likeness (QED) is 0.497. The number of cyclic esters (lactones) is 1. The summed E-state index contributed by atoms with van der Waals surface area (Å²) < 4.78 is 21.8. The number of nitrogens with zero attached hydrogens (tertiary/aromatic N) is 2. The fourth-order valence-electron chi connectivity index (χ4n) is 3.73. The first kappa shape index (κ1) is 22.5. The number of amides is 1. The molecule has 2 aromatic carbocycles. The van der Waals surface area contributed by atoms with Gasteiger partial charge in [0.05, 0.1) is 20.3 Å². The Hall–Kier alpha value is -3.65. The molecule has 1 fully saturated rings. The van der Waals surface area contributed by atoms with E-state index in [-0.39, 0.29) is 24.1 Å². The van der Waals surface area contributed by atoms with Gasteiger partial charge in [-0.25, -0.2) is 9.79 Å². The monoisotopic (exact) mass is 450 g/mol. The molecule has 0 aromatic heterocycles. The Bertz CT molecular complexity index is 1110. The highest BCUT2D eigenvalue weighted by atomic mass is 16.6. The van der Waals surface area contributed by atoms with Crippen LogP contribution < -0.4 is 9.47 Å². The minimum atomic E-state index is -0.514. The van der Waals surface area contributed by atoms with Crippen LogP contribution in [-0.4, -0.2) is 62.7 Å². The average Bonchev–Trinajstić information content (AvgIpc) is 3.18. The molecule has 2 heterocycles. The lowest BCUT2D eigenvalue weighted by atomic mass is 10.1. The number of hydrogen-bond donors (Lipinski definition) is 0. The number of benzene rings is 2. The van der Waals surface area contributed by atoms with E-state index >= 15 is 0 Å². The van der Waals surface area contributed by atoms with Crippen LogP contribution in [0.1, 0.15) is 22.3 Å². The second-order valence-corrected chi connectivity index (χ2v) is 7.90. The Morgan fingerprint density at radius 3 is 2.52 bits per heavy atom. The van der Waals surface area contributed by atoms with Crippen LogP contribution in [0.5, 0.6) is 11.5 Å². The number of hydrogen-bond acceptors (Lipinski definition) is 7. The summed E-state index contributed by atoms with van der Waals surface area (Å²) in [7, 11) is 1.52. The zero-order valence-electron chi connectivity index (χ0n) is 18.9. The second kappa shape index (κ2) is 9.87. The lowest BCUT2D eigenvalue weighted by Gasteiger charge is -2.26. The maximum atomic E-state index is 12.4. The molecule has 1 amide bonds. The topological polar surface area (TPSA) is 86.7 Å². The van der Waals surface area contributed by atoms with Gasteiger partial charge in [-0.3, -0.25) is 4.79 Å². The van der Waals surface area contributed by atoms with Crippen LogP contribution in [0, 0.1) is 13.8 Å². The summed E-state index contributed by atoms with van der Waals surface area (Å²) in [4.78, 5) is 30.8. The molecule has 2 aromatic rings. The summed E-state index contributed by atoms with van der Waals surface area (Å²) >= 11 is 0. The van der Waals surface area contributed by atoms with Gasteiger partial charge in [-0.05, 0) is 49.8 Å². The Balaban J connectivity index is 1.49. The molecule has 0 saturated carbocycles. The summed E-state index contributed by atoms with van der Waals surface area (Å²) in [5, 5.41) is 0. The Morgan fingerprint density at radius 1 is 1.09 bits per heavy atom. The standard InChI is InChI=1S/C25H26N2O6/c1-16-10-17(2)12-19(11-16)24-26-20(25(29)33-24)13-18-4-5-21(22(14-18)30-3)32-15-23(28)27-6-8-31-9-7-27/h4-5,10-14H,6-9,15H2,1-3H3/b20-13+. The molecule has 0 atom stereocenters. The van der Waals surface area contributed by atoms with Crippen molar-refractivity contribution in [2.24, 2.45) is 4.99 Å². The van der Waals surface area contributed by atoms with Gasteiger partial charge in [0.25, 0.3) is 5.91 Å². The molecule has 33 heavy (non-hydrogen) atoms. The number of methoxy groups -OCH3 is 1. The minimum Gasteiger partial charge on any atom is -0.493 e. The van der Waals surface area contributed by atoms with E-state index in [4.69, 9.17) is 18.9 Å². The zero-order chi connectivity index (χ0) is 23.4. The fraction of sp³-hybridized carbons (Fsp3) is 0.320. The first-order chi connectivity index (χ1) is 15.9. The van der Waals surface area contributed by atoms with Crippen molar-refractivity contribution in [3.8, 4) is 11.5 Å². The van der Waals surface area contributed by atoms with E-state index in [0.29, 0.717) is 43.4 Å². The second-order valence-electron chi connectivity index (χ2n) is 7.90. The van der Waals surface area contributed by atoms with Crippen molar-refractivity contribution in [1.82, 2.24) is 4.90 Å². The molecular formula is C25H26N2O6. The predicted molar refractivity (Wildman–Crippen MR) is 122 cm³/mol. The van der Waals surface area contributed by atoms with E-state index in [1.807, 2.05) is 32.0 Å². The van der Waals surface area contributed by atoms with Crippen molar-refractivity contribution in [3.63, 3.8) is 0 Å². The van der Waals surface area contributed by atoms with E-state index in [0.717, 1.165) is 16.7 Å². The molecule has 4 rings (SSSR count). The van der Waals surface area contributed by atoms with Crippen molar-refractivity contribution in [3.05, 3.63) is 64.3 Å². The molecule has 8 nitrogen and oxygen atoms in total. The third-order valence-corrected chi connectivity index (χ3v) is 5.30. The summed E-state index contributed by atoms with van der Waals surface area (Å²) in [5.74, 6) is 0.554. The Kier molecular flexibility index (Phi) is 6.74. The molecule has 1 saturated heterocycles. The van der Waals surface area contributed by atoms with Crippen molar-refractivity contribution >= 4 is 23.9 Å². The minimum absolute atomic E-state index is 0.0906. The maximum Gasteiger partial charge on any atom is 0.363 e. The number of rotatable bonds is 6. The largest absolute Gasteiger partial charge is 0.493 e. The summed E-state index contributed by atoms with van der Waals surface area (Å²) in [5.41, 5.74) is 3.77. The maximum absolute atomic E-state index is 12.4. The molecule has 0 radical (unpaired) electrons. The van der Waals surface area contributed by atoms with E-state index < -0.39 is 5.97 Å². The van der Waals surface area contributed by atoms with Crippen LogP contribution in [-0.2, 0) is 19.1 Å². The summed E-state index contributed by atoms with van der Waals surface area (Å²) in [6, 6.07) is 11.1. The number of carbonyl (C=O) groups excluding carboxylic acids is 2. The number of morpholine rings is 1. The van der Waals surface area contributed by atoms with E-state index in [1.54, 1.807) is 29.2 Å². The van der Waals surface area contributed by atoms with Gasteiger partial charge in [-0.2, -0.15) is 0 Å². The van der Waals surface area contributed by atoms with Crippen molar-refractivity contribution in [2.75, 3.05) is 40.0 Å². The number of esters is 1. The molecule has 2 aliphatic heterocycles. The van der Waals surface area contributed by atoms with E-state index in [2.05, 4.69) is 4.99 Å². The lowest BCUT2D eigenvalue weighted by Crippen LogP contribution is -2.43. The molecular weight excluding hydrogens is 424 g/mol. The van der Waals surface area contributed by atoms with Crippen LogP contribution in [0.25, 0.3) is 6.08 Å². The molecule has 8 heteroatoms. The van der Waals surface area contributed by atoms with Crippen LogP contribution >= 0.6 is 0 Å². The Morgan fingerprint density at radius 2 is 1.82 bits per heavy atom. The third-order valence-electron chi connectivity index (χ3n) is 5.30. The van der Waals surface area contributed by atoms with Gasteiger partial charge in [0.1, 0.15) is 0 Å². The predicted octanol–water partition coefficient (Wildman–Crippen LogP) is 2.89. The smallest absolute Gasteiger partial charge is 0.363 e. The van der Waals surface area contributed by atoms with Crippen molar-refractivity contribution < 1.29 is 28.5 Å². The molecule has 172 valence electrons. The van der Waals surface area contributed by atoms with Gasteiger partial charge < -0.3 is 23.8 Å². The molecule has 0 N–H and O–H groups in total. The first-order valence-electron chi connectivity index (χ1n) is 10.7. The van der Waals surface area contributed by atoms with Gasteiger partial charge in [0, 0.05) is 18.7 Å². The highest BCUT2D eigenvalue weighted by Gasteiger charge is 2.25. The fourth-order valence-corrected chi connectivity index (χ4v) is 3.73. The van der Waals surface area contributed by atoms with Crippen LogP contribution in [0.4, 0.5) is 0 Å². The third kappa shape index (κ3) is 5.40. The van der Waals surface area contributed by atoms with Crippen LogP contribution in [0.15, 0.2) is 47.1 Å².